The molecule has 4 heteroatoms. The van der Waals surface area contributed by atoms with Gasteiger partial charge in [0.1, 0.15) is 12.4 Å². The number of halogens is 1. The molecule has 0 atom stereocenters. The second kappa shape index (κ2) is 5.56. The van der Waals surface area contributed by atoms with E-state index < -0.39 is 5.97 Å². The summed E-state index contributed by atoms with van der Waals surface area (Å²) in [5, 5.41) is 9.25. The van der Waals surface area contributed by atoms with Crippen LogP contribution in [0.3, 0.4) is 0 Å². The lowest BCUT2D eigenvalue weighted by molar-refractivity contribution is 0.0696. The Morgan fingerprint density at radius 2 is 1.89 bits per heavy atom. The lowest BCUT2D eigenvalue weighted by atomic mass is 10.2. The van der Waals surface area contributed by atoms with Gasteiger partial charge in [0.25, 0.3) is 0 Å². The van der Waals surface area contributed by atoms with Crippen molar-refractivity contribution in [3.8, 4) is 5.75 Å². The molecular weight excluding hydrogens is 252 g/mol. The van der Waals surface area contributed by atoms with Gasteiger partial charge in [-0.1, -0.05) is 41.9 Å². The van der Waals surface area contributed by atoms with Crippen LogP contribution in [0.4, 0.5) is 0 Å². The van der Waals surface area contributed by atoms with Crippen LogP contribution < -0.4 is 4.74 Å². The Morgan fingerprint density at radius 1 is 1.17 bits per heavy atom. The summed E-state index contributed by atoms with van der Waals surface area (Å²) in [4.78, 5) is 10.9. The largest absolute Gasteiger partial charge is 0.489 e. The van der Waals surface area contributed by atoms with Crippen molar-refractivity contribution in [3.63, 3.8) is 0 Å². The number of carbonyl (C=O) groups is 1. The molecule has 2 rings (SSSR count). The zero-order valence-electron chi connectivity index (χ0n) is 9.47. The summed E-state index contributed by atoms with van der Waals surface area (Å²) in [5.41, 5.74) is 1.12. The fraction of sp³-hybridized carbons (Fsp3) is 0.0714. The summed E-state index contributed by atoms with van der Waals surface area (Å²) in [7, 11) is 0. The summed E-state index contributed by atoms with van der Waals surface area (Å²) in [6.07, 6.45) is 0. The maximum absolute atomic E-state index is 10.9. The highest BCUT2D eigenvalue weighted by Crippen LogP contribution is 2.22. The summed E-state index contributed by atoms with van der Waals surface area (Å²) in [6.45, 7) is 0.375. The average molecular weight is 263 g/mol. The van der Waals surface area contributed by atoms with Gasteiger partial charge in [0.15, 0.2) is 0 Å². The number of benzene rings is 2. The molecule has 0 heterocycles. The fourth-order valence-corrected chi connectivity index (χ4v) is 1.74. The first-order valence-corrected chi connectivity index (χ1v) is 5.73. The summed E-state index contributed by atoms with van der Waals surface area (Å²) >= 11 is 5.83. The van der Waals surface area contributed by atoms with Gasteiger partial charge in [-0.2, -0.15) is 0 Å². The van der Waals surface area contributed by atoms with Crippen molar-refractivity contribution in [2.45, 2.75) is 6.61 Å². The van der Waals surface area contributed by atoms with Gasteiger partial charge < -0.3 is 9.84 Å². The van der Waals surface area contributed by atoms with Crippen LogP contribution in [0.5, 0.6) is 5.75 Å². The Labute approximate surface area is 110 Å². The number of carboxylic acids is 1. The molecule has 0 aliphatic carbocycles. The average Bonchev–Trinajstić information content (AvgIpc) is 2.37. The standard InChI is InChI=1S/C14H11ClO3/c15-12-6-11(14(16)17)7-13(8-12)18-9-10-4-2-1-3-5-10/h1-8H,9H2,(H,16,17). The van der Waals surface area contributed by atoms with Crippen LogP contribution in [-0.2, 0) is 6.61 Å². The number of ether oxygens (including phenoxy) is 1. The molecule has 0 saturated heterocycles. The van der Waals surface area contributed by atoms with Gasteiger partial charge in [-0.3, -0.25) is 0 Å². The highest BCUT2D eigenvalue weighted by atomic mass is 35.5. The van der Waals surface area contributed by atoms with Gasteiger partial charge in [-0.15, -0.1) is 0 Å². The third-order valence-electron chi connectivity index (χ3n) is 2.37. The molecule has 0 aromatic heterocycles. The van der Waals surface area contributed by atoms with Crippen LogP contribution in [0.25, 0.3) is 0 Å². The van der Waals surface area contributed by atoms with E-state index in [1.54, 1.807) is 6.07 Å². The van der Waals surface area contributed by atoms with E-state index >= 15 is 0 Å². The molecule has 0 radical (unpaired) electrons. The molecule has 0 fully saturated rings. The molecule has 0 aliphatic heterocycles. The smallest absolute Gasteiger partial charge is 0.335 e. The number of hydrogen-bond acceptors (Lipinski definition) is 2. The summed E-state index contributed by atoms with van der Waals surface area (Å²) < 4.78 is 5.52. The minimum absolute atomic E-state index is 0.116. The molecule has 3 nitrogen and oxygen atoms in total. The maximum atomic E-state index is 10.9. The van der Waals surface area contributed by atoms with Crippen molar-refractivity contribution >= 4 is 17.6 Å². The Kier molecular flexibility index (Phi) is 3.85. The highest BCUT2D eigenvalue weighted by molar-refractivity contribution is 6.31. The van der Waals surface area contributed by atoms with Crippen LogP contribution in [-0.4, -0.2) is 11.1 Å². The van der Waals surface area contributed by atoms with Crippen molar-refractivity contribution in [1.82, 2.24) is 0 Å². The van der Waals surface area contributed by atoms with Crippen molar-refractivity contribution < 1.29 is 14.6 Å². The summed E-state index contributed by atoms with van der Waals surface area (Å²) in [6, 6.07) is 14.1. The lowest BCUT2D eigenvalue weighted by Gasteiger charge is -2.07. The second-order valence-electron chi connectivity index (χ2n) is 3.76. The molecule has 0 bridgehead atoms. The number of aromatic carboxylic acids is 1. The van der Waals surface area contributed by atoms with E-state index in [4.69, 9.17) is 21.4 Å². The van der Waals surface area contributed by atoms with E-state index in [0.717, 1.165) is 5.56 Å². The molecule has 2 aromatic rings. The minimum atomic E-state index is -1.03. The third kappa shape index (κ3) is 3.25. The normalized spacial score (nSPS) is 10.1. The van der Waals surface area contributed by atoms with Gasteiger partial charge in [-0.05, 0) is 23.8 Å². The number of rotatable bonds is 4. The quantitative estimate of drug-likeness (QED) is 0.915. The van der Waals surface area contributed by atoms with E-state index in [0.29, 0.717) is 17.4 Å². The first kappa shape index (κ1) is 12.5. The van der Waals surface area contributed by atoms with Crippen molar-refractivity contribution in [2.24, 2.45) is 0 Å². The molecule has 0 amide bonds. The Morgan fingerprint density at radius 3 is 2.56 bits per heavy atom. The molecule has 0 spiro atoms. The number of hydrogen-bond donors (Lipinski definition) is 1. The third-order valence-corrected chi connectivity index (χ3v) is 2.58. The van der Waals surface area contributed by atoms with Crippen LogP contribution >= 0.6 is 11.6 Å². The fourth-order valence-electron chi connectivity index (χ4n) is 1.51. The molecular formula is C14H11ClO3. The van der Waals surface area contributed by atoms with E-state index in [9.17, 15) is 4.79 Å². The van der Waals surface area contributed by atoms with Gasteiger partial charge in [0.2, 0.25) is 0 Å². The Hall–Kier alpha value is -2.00. The second-order valence-corrected chi connectivity index (χ2v) is 4.19. The molecule has 0 unspecified atom stereocenters. The predicted molar refractivity (Wildman–Crippen MR) is 69.2 cm³/mol. The van der Waals surface area contributed by atoms with Crippen LogP contribution in [0.2, 0.25) is 5.02 Å². The van der Waals surface area contributed by atoms with E-state index in [-0.39, 0.29) is 5.56 Å². The van der Waals surface area contributed by atoms with Crippen molar-refractivity contribution in [2.75, 3.05) is 0 Å². The van der Waals surface area contributed by atoms with E-state index in [1.807, 2.05) is 30.3 Å². The Balaban J connectivity index is 2.12. The number of carboxylic acid groups (broad SMARTS) is 1. The van der Waals surface area contributed by atoms with Gasteiger partial charge >= 0.3 is 5.97 Å². The van der Waals surface area contributed by atoms with Gasteiger partial charge in [0.05, 0.1) is 5.56 Å². The first-order valence-electron chi connectivity index (χ1n) is 5.36. The topological polar surface area (TPSA) is 46.5 Å². The predicted octanol–water partition coefficient (Wildman–Crippen LogP) is 3.62. The maximum Gasteiger partial charge on any atom is 0.335 e. The molecule has 92 valence electrons. The first-order chi connectivity index (χ1) is 8.65. The molecule has 1 N–H and O–H groups in total. The molecule has 0 aliphatic rings. The van der Waals surface area contributed by atoms with Crippen molar-refractivity contribution in [1.29, 1.82) is 0 Å². The molecule has 0 saturated carbocycles. The lowest BCUT2D eigenvalue weighted by Crippen LogP contribution is -1.99. The molecule has 18 heavy (non-hydrogen) atoms. The molecule has 2 aromatic carbocycles. The highest BCUT2D eigenvalue weighted by Gasteiger charge is 2.07. The van der Waals surface area contributed by atoms with Crippen LogP contribution in [0, 0.1) is 0 Å². The summed E-state index contributed by atoms with van der Waals surface area (Å²) in [5.74, 6) is -0.578. The van der Waals surface area contributed by atoms with Crippen LogP contribution in [0.1, 0.15) is 15.9 Å². The Bertz CT molecular complexity index is 552. The van der Waals surface area contributed by atoms with Crippen molar-refractivity contribution in [3.05, 3.63) is 64.7 Å². The zero-order chi connectivity index (χ0) is 13.0. The van der Waals surface area contributed by atoms with E-state index in [2.05, 4.69) is 0 Å². The minimum Gasteiger partial charge on any atom is -0.489 e. The van der Waals surface area contributed by atoms with Gasteiger partial charge in [-0.25, -0.2) is 4.79 Å². The monoisotopic (exact) mass is 262 g/mol. The zero-order valence-corrected chi connectivity index (χ0v) is 10.2. The SMILES string of the molecule is O=C(O)c1cc(Cl)cc(OCc2ccccc2)c1. The van der Waals surface area contributed by atoms with E-state index in [1.165, 1.54) is 12.1 Å². The van der Waals surface area contributed by atoms with Gasteiger partial charge in [0, 0.05) is 5.02 Å². The van der Waals surface area contributed by atoms with Crippen LogP contribution in [0.15, 0.2) is 48.5 Å².